The van der Waals surface area contributed by atoms with Gasteiger partial charge in [0, 0.05) is 31.3 Å². The molecule has 5 nitrogen and oxygen atoms in total. The number of amides is 1. The molecule has 13 heteroatoms. The summed E-state index contributed by atoms with van der Waals surface area (Å²) < 4.78 is 106. The summed E-state index contributed by atoms with van der Waals surface area (Å²) in [5.74, 6) is -2.62. The third-order valence-electron chi connectivity index (χ3n) is 4.15. The van der Waals surface area contributed by atoms with E-state index in [1.165, 1.54) is 23.0 Å². The van der Waals surface area contributed by atoms with Crippen molar-refractivity contribution in [1.82, 2.24) is 14.7 Å². The second-order valence-electron chi connectivity index (χ2n) is 6.23. The Balaban J connectivity index is 1.62. The molecular weight excluding hydrogens is 418 g/mol. The fourth-order valence-electron chi connectivity index (χ4n) is 2.64. The lowest BCUT2D eigenvalue weighted by Crippen LogP contribution is -2.53. The van der Waals surface area contributed by atoms with Crippen molar-refractivity contribution in [1.29, 1.82) is 0 Å². The number of hydrogen-bond donors (Lipinski definition) is 0. The average molecular weight is 429 g/mol. The molecule has 158 valence electrons. The Kier molecular flexibility index (Phi) is 5.17. The Morgan fingerprint density at radius 1 is 1.03 bits per heavy atom. The van der Waals surface area contributed by atoms with Gasteiger partial charge in [-0.25, -0.2) is 18.3 Å². The predicted molar refractivity (Wildman–Crippen MR) is 80.2 cm³/mol. The molecule has 0 N–H and O–H groups in total. The number of ether oxygens (including phenoxy) is 1. The van der Waals surface area contributed by atoms with Crippen molar-refractivity contribution in [2.24, 2.45) is 0 Å². The smallest absolute Gasteiger partial charge is 0.426 e. The lowest BCUT2D eigenvalue weighted by molar-refractivity contribution is -0.308. The molecule has 1 aliphatic rings. The first-order valence-corrected chi connectivity index (χ1v) is 7.96. The highest BCUT2D eigenvalue weighted by Crippen LogP contribution is 2.37. The summed E-state index contributed by atoms with van der Waals surface area (Å²) >= 11 is 0. The molecule has 1 fully saturated rings. The Bertz CT molecular complexity index is 888. The van der Waals surface area contributed by atoms with Gasteiger partial charge in [0.25, 0.3) is 6.10 Å². The topological polar surface area (TPSA) is 47.4 Å². The Morgan fingerprint density at radius 3 is 2.21 bits per heavy atom. The predicted octanol–water partition coefficient (Wildman–Crippen LogP) is 4.18. The molecule has 1 aromatic carbocycles. The maximum Gasteiger partial charge on any atom is 0.434 e. The number of carbonyl (C=O) groups is 1. The zero-order chi connectivity index (χ0) is 21.6. The largest absolute Gasteiger partial charge is 0.434 e. The lowest BCUT2D eigenvalue weighted by Gasteiger charge is -2.38. The van der Waals surface area contributed by atoms with Crippen LogP contribution in [0.15, 0.2) is 30.5 Å². The second kappa shape index (κ2) is 7.19. The van der Waals surface area contributed by atoms with Gasteiger partial charge >= 0.3 is 18.4 Å². The summed E-state index contributed by atoms with van der Waals surface area (Å²) in [6.07, 6.45) is -16.1. The highest BCUT2D eigenvalue weighted by molar-refractivity contribution is 5.69. The molecule has 1 aliphatic heterocycles. The van der Waals surface area contributed by atoms with Gasteiger partial charge < -0.3 is 9.64 Å². The molecule has 1 amide bonds. The zero-order valence-corrected chi connectivity index (χ0v) is 14.1. The first-order valence-electron chi connectivity index (χ1n) is 7.96. The van der Waals surface area contributed by atoms with E-state index >= 15 is 0 Å². The summed E-state index contributed by atoms with van der Waals surface area (Å²) in [7, 11) is 0. The van der Waals surface area contributed by atoms with Gasteiger partial charge in [0.2, 0.25) is 0 Å². The number of halogens is 8. The van der Waals surface area contributed by atoms with Gasteiger partial charge in [0.1, 0.15) is 0 Å². The fourth-order valence-corrected chi connectivity index (χ4v) is 2.64. The summed E-state index contributed by atoms with van der Waals surface area (Å²) in [5, 5.41) is 4.10. The van der Waals surface area contributed by atoms with Gasteiger partial charge in [-0.3, -0.25) is 0 Å². The zero-order valence-electron chi connectivity index (χ0n) is 14.1. The molecule has 2 heterocycles. The molecule has 0 spiro atoms. The molecule has 0 atom stereocenters. The molecule has 0 unspecified atom stereocenters. The average Bonchev–Trinajstić information content (AvgIpc) is 3.01. The van der Waals surface area contributed by atoms with E-state index in [0.717, 1.165) is 12.1 Å². The molecule has 0 bridgehead atoms. The van der Waals surface area contributed by atoms with Crippen molar-refractivity contribution >= 4 is 6.09 Å². The van der Waals surface area contributed by atoms with E-state index in [9.17, 15) is 39.9 Å². The number of rotatable bonds is 3. The van der Waals surface area contributed by atoms with Crippen LogP contribution in [0.1, 0.15) is 11.6 Å². The van der Waals surface area contributed by atoms with Crippen molar-refractivity contribution in [3.63, 3.8) is 0 Å². The molecular formula is C16H11F8N3O2. The minimum atomic E-state index is -5.79. The summed E-state index contributed by atoms with van der Waals surface area (Å²) in [6, 6.07) is 4.52. The van der Waals surface area contributed by atoms with E-state index in [2.05, 4.69) is 9.84 Å². The van der Waals surface area contributed by atoms with Crippen molar-refractivity contribution < 1.29 is 44.7 Å². The SMILES string of the molecule is O=C(OC(C(F)(F)F)C(F)(F)F)N1CC(c2ccn(-c3ccc(F)c(F)c3)n2)C1. The van der Waals surface area contributed by atoms with E-state index < -0.39 is 42.1 Å². The van der Waals surface area contributed by atoms with Crippen molar-refractivity contribution in [2.75, 3.05) is 13.1 Å². The Hall–Kier alpha value is -2.86. The molecule has 3 rings (SSSR count). The summed E-state index contributed by atoms with van der Waals surface area (Å²) in [6.45, 7) is -0.424. The van der Waals surface area contributed by atoms with Crippen LogP contribution in [0.5, 0.6) is 0 Å². The van der Waals surface area contributed by atoms with Crippen molar-refractivity contribution in [3.8, 4) is 5.69 Å². The third-order valence-corrected chi connectivity index (χ3v) is 4.15. The molecule has 1 saturated heterocycles. The maximum absolute atomic E-state index is 13.3. The van der Waals surface area contributed by atoms with Crippen LogP contribution in [0.4, 0.5) is 39.9 Å². The monoisotopic (exact) mass is 429 g/mol. The van der Waals surface area contributed by atoms with Gasteiger partial charge in [-0.05, 0) is 18.2 Å². The highest BCUT2D eigenvalue weighted by Gasteiger charge is 2.60. The summed E-state index contributed by atoms with van der Waals surface area (Å²) in [5.41, 5.74) is 0.561. The first kappa shape index (κ1) is 20.9. The van der Waals surface area contributed by atoms with Gasteiger partial charge in [-0.1, -0.05) is 0 Å². The third kappa shape index (κ3) is 4.43. The number of benzene rings is 1. The number of hydrogen-bond acceptors (Lipinski definition) is 3. The van der Waals surface area contributed by atoms with Gasteiger partial charge in [0.05, 0.1) is 11.4 Å². The van der Waals surface area contributed by atoms with Crippen LogP contribution < -0.4 is 0 Å². The second-order valence-corrected chi connectivity index (χ2v) is 6.23. The molecule has 29 heavy (non-hydrogen) atoms. The molecule has 0 radical (unpaired) electrons. The summed E-state index contributed by atoms with van der Waals surface area (Å²) in [4.78, 5) is 12.3. The fraction of sp³-hybridized carbons (Fsp3) is 0.375. The van der Waals surface area contributed by atoms with Crippen LogP contribution in [0, 0.1) is 11.6 Å². The standard InChI is InChI=1S/C16H11F8N3O2/c17-10-2-1-9(5-11(10)18)27-4-3-12(25-27)8-6-26(7-8)14(28)29-13(15(19,20)21)16(22,23)24/h1-5,8,13H,6-7H2. The van der Waals surface area contributed by atoms with E-state index in [1.807, 2.05) is 0 Å². The van der Waals surface area contributed by atoms with Gasteiger partial charge in [-0.15, -0.1) is 0 Å². The quantitative estimate of drug-likeness (QED) is 0.688. The number of alkyl halides is 6. The van der Waals surface area contributed by atoms with Crippen molar-refractivity contribution in [2.45, 2.75) is 24.4 Å². The van der Waals surface area contributed by atoms with E-state index in [0.29, 0.717) is 10.6 Å². The minimum Gasteiger partial charge on any atom is -0.426 e. The maximum atomic E-state index is 13.3. The lowest BCUT2D eigenvalue weighted by atomic mass is 9.97. The van der Waals surface area contributed by atoms with E-state index in [1.54, 1.807) is 0 Å². The molecule has 1 aromatic heterocycles. The van der Waals surface area contributed by atoms with Crippen LogP contribution in [0.3, 0.4) is 0 Å². The van der Waals surface area contributed by atoms with Crippen LogP contribution in [0.2, 0.25) is 0 Å². The van der Waals surface area contributed by atoms with Gasteiger partial charge in [0.15, 0.2) is 11.6 Å². The number of likely N-dealkylation sites (tertiary alicyclic amines) is 1. The highest BCUT2D eigenvalue weighted by atomic mass is 19.4. The normalized spacial score (nSPS) is 15.6. The van der Waals surface area contributed by atoms with E-state index in [4.69, 9.17) is 0 Å². The van der Waals surface area contributed by atoms with E-state index in [-0.39, 0.29) is 18.8 Å². The van der Waals surface area contributed by atoms with Gasteiger partial charge in [-0.2, -0.15) is 31.4 Å². The Labute approximate surface area is 157 Å². The molecule has 0 aliphatic carbocycles. The molecule has 0 saturated carbocycles. The number of aromatic nitrogens is 2. The minimum absolute atomic E-state index is 0.198. The van der Waals surface area contributed by atoms with Crippen LogP contribution in [-0.2, 0) is 4.74 Å². The van der Waals surface area contributed by atoms with Crippen LogP contribution in [0.25, 0.3) is 5.69 Å². The number of carbonyl (C=O) groups excluding carboxylic acids is 1. The Morgan fingerprint density at radius 2 is 1.66 bits per heavy atom. The van der Waals surface area contributed by atoms with Crippen molar-refractivity contribution in [3.05, 3.63) is 47.8 Å². The van der Waals surface area contributed by atoms with Crippen LogP contribution in [-0.4, -0.2) is 52.3 Å². The van der Waals surface area contributed by atoms with Crippen LogP contribution >= 0.6 is 0 Å². The first-order chi connectivity index (χ1) is 13.4. The number of nitrogens with zero attached hydrogens (tertiary/aromatic N) is 3. The molecule has 2 aromatic rings.